The third-order valence-electron chi connectivity index (χ3n) is 2.39. The second-order valence-corrected chi connectivity index (χ2v) is 4.25. The molecule has 1 N–H and O–H groups in total. The van der Waals surface area contributed by atoms with Gasteiger partial charge in [-0.15, -0.1) is 0 Å². The van der Waals surface area contributed by atoms with Crippen LogP contribution in [0, 0.1) is 5.41 Å². The summed E-state index contributed by atoms with van der Waals surface area (Å²) in [6.45, 7) is 4.19. The van der Waals surface area contributed by atoms with Crippen LogP contribution in [-0.4, -0.2) is 15.8 Å². The monoisotopic (exact) mass is 202 g/mol. The van der Waals surface area contributed by atoms with E-state index < -0.39 is 0 Å². The van der Waals surface area contributed by atoms with Crippen LogP contribution in [0.25, 0.3) is 0 Å². The third-order valence-corrected chi connectivity index (χ3v) is 2.39. The van der Waals surface area contributed by atoms with Crippen molar-refractivity contribution in [1.82, 2.24) is 9.88 Å². The van der Waals surface area contributed by atoms with Gasteiger partial charge in [-0.3, -0.25) is 9.69 Å². The zero-order valence-corrected chi connectivity index (χ0v) is 8.90. The summed E-state index contributed by atoms with van der Waals surface area (Å²) in [5.74, 6) is -0.0389. The third kappa shape index (κ3) is 2.01. The van der Waals surface area contributed by atoms with Crippen molar-refractivity contribution in [1.29, 1.82) is 0 Å². The summed E-state index contributed by atoms with van der Waals surface area (Å²) < 4.78 is 0. The second kappa shape index (κ2) is 3.42. The number of carbonyl (C=O) groups excluding carboxylic acids is 1. The average molecular weight is 202 g/mol. The molecule has 1 aliphatic heterocycles. The first-order valence-electron chi connectivity index (χ1n) is 4.93. The number of nitrogens with one attached hydrogen (secondary N) is 1. The zero-order chi connectivity index (χ0) is 10.9. The van der Waals surface area contributed by atoms with Crippen molar-refractivity contribution in [3.05, 3.63) is 48.6 Å². The lowest BCUT2D eigenvalue weighted by molar-refractivity contribution is 0.0861. The standard InChI is InChI=1S/C12H14N2O/c1-12(2)5-8-14(9-6-12)11(15)10-4-3-7-13-10/h3-9,13H,1-2H3. The predicted molar refractivity (Wildman–Crippen MR) is 59.0 cm³/mol. The molecule has 2 rings (SSSR count). The molecule has 0 unspecified atom stereocenters. The van der Waals surface area contributed by atoms with Crippen LogP contribution in [0.4, 0.5) is 0 Å². The number of aromatic nitrogens is 1. The van der Waals surface area contributed by atoms with Crippen molar-refractivity contribution in [2.45, 2.75) is 13.8 Å². The molecule has 0 spiro atoms. The van der Waals surface area contributed by atoms with Gasteiger partial charge >= 0.3 is 0 Å². The maximum absolute atomic E-state index is 11.9. The van der Waals surface area contributed by atoms with Crippen LogP contribution < -0.4 is 0 Å². The van der Waals surface area contributed by atoms with Gasteiger partial charge in [0.25, 0.3) is 5.91 Å². The minimum absolute atomic E-state index is 0.0342. The van der Waals surface area contributed by atoms with Crippen molar-refractivity contribution >= 4 is 5.91 Å². The molecule has 1 aromatic heterocycles. The first-order valence-corrected chi connectivity index (χ1v) is 4.93. The van der Waals surface area contributed by atoms with Gasteiger partial charge in [-0.1, -0.05) is 26.0 Å². The Labute approximate surface area is 89.1 Å². The molecule has 0 saturated carbocycles. The van der Waals surface area contributed by atoms with E-state index >= 15 is 0 Å². The summed E-state index contributed by atoms with van der Waals surface area (Å²) >= 11 is 0. The van der Waals surface area contributed by atoms with E-state index in [0.717, 1.165) is 0 Å². The highest BCUT2D eigenvalue weighted by atomic mass is 16.2. The topological polar surface area (TPSA) is 36.1 Å². The maximum Gasteiger partial charge on any atom is 0.278 e. The molecule has 3 nitrogen and oxygen atoms in total. The molecular formula is C12H14N2O. The molecule has 0 fully saturated rings. The lowest BCUT2D eigenvalue weighted by Crippen LogP contribution is -2.24. The van der Waals surface area contributed by atoms with E-state index in [0.29, 0.717) is 5.69 Å². The van der Waals surface area contributed by atoms with Crippen LogP contribution in [0.5, 0.6) is 0 Å². The summed E-state index contributed by atoms with van der Waals surface area (Å²) in [6, 6.07) is 3.58. The quantitative estimate of drug-likeness (QED) is 0.746. The Morgan fingerprint density at radius 2 is 2.00 bits per heavy atom. The highest BCUT2D eigenvalue weighted by molar-refractivity contribution is 5.93. The lowest BCUT2D eigenvalue weighted by atomic mass is 9.92. The molecule has 78 valence electrons. The molecular weight excluding hydrogens is 188 g/mol. The number of nitrogens with zero attached hydrogens (tertiary/aromatic N) is 1. The molecule has 0 aliphatic carbocycles. The fourth-order valence-corrected chi connectivity index (χ4v) is 1.39. The predicted octanol–water partition coefficient (Wildman–Crippen LogP) is 2.52. The molecule has 1 amide bonds. The smallest absolute Gasteiger partial charge is 0.278 e. The molecule has 2 heterocycles. The van der Waals surface area contributed by atoms with Crippen LogP contribution in [0.3, 0.4) is 0 Å². The molecule has 0 bridgehead atoms. The molecule has 0 saturated heterocycles. The molecule has 1 aromatic rings. The Morgan fingerprint density at radius 1 is 1.33 bits per heavy atom. The van der Waals surface area contributed by atoms with Crippen molar-refractivity contribution in [2.75, 3.05) is 0 Å². The van der Waals surface area contributed by atoms with Gasteiger partial charge in [-0.2, -0.15) is 0 Å². The molecule has 0 atom stereocenters. The molecule has 3 heteroatoms. The second-order valence-electron chi connectivity index (χ2n) is 4.25. The van der Waals surface area contributed by atoms with Crippen LogP contribution in [0.2, 0.25) is 0 Å². The van der Waals surface area contributed by atoms with Crippen molar-refractivity contribution in [2.24, 2.45) is 5.41 Å². The molecule has 0 aromatic carbocycles. The fourth-order valence-electron chi connectivity index (χ4n) is 1.39. The van der Waals surface area contributed by atoms with E-state index in [4.69, 9.17) is 0 Å². The first kappa shape index (κ1) is 9.77. The fraction of sp³-hybridized carbons (Fsp3) is 0.250. The summed E-state index contributed by atoms with van der Waals surface area (Å²) in [6.07, 6.45) is 9.38. The van der Waals surface area contributed by atoms with E-state index in [1.807, 2.05) is 30.6 Å². The number of aromatic amines is 1. The van der Waals surface area contributed by atoms with E-state index in [9.17, 15) is 4.79 Å². The van der Waals surface area contributed by atoms with Gasteiger partial charge in [-0.05, 0) is 12.1 Å². The summed E-state index contributed by atoms with van der Waals surface area (Å²) in [5.41, 5.74) is 0.635. The number of H-pyrrole nitrogens is 1. The zero-order valence-electron chi connectivity index (χ0n) is 8.90. The number of carbonyl (C=O) groups is 1. The normalized spacial score (nSPS) is 18.1. The Hall–Kier alpha value is -1.77. The summed E-state index contributed by atoms with van der Waals surface area (Å²) in [4.78, 5) is 16.3. The first-order chi connectivity index (χ1) is 7.08. The maximum atomic E-state index is 11.9. The highest BCUT2D eigenvalue weighted by Crippen LogP contribution is 2.23. The van der Waals surface area contributed by atoms with Gasteiger partial charge in [0.2, 0.25) is 0 Å². The largest absolute Gasteiger partial charge is 0.357 e. The molecule has 1 aliphatic rings. The SMILES string of the molecule is CC1(C)C=CN(C(=O)c2ccc[nH]2)C=C1. The van der Waals surface area contributed by atoms with Crippen LogP contribution in [0.1, 0.15) is 24.3 Å². The number of rotatable bonds is 1. The van der Waals surface area contributed by atoms with Crippen molar-refractivity contribution in [3.8, 4) is 0 Å². The van der Waals surface area contributed by atoms with E-state index in [1.54, 1.807) is 17.2 Å². The van der Waals surface area contributed by atoms with Crippen LogP contribution >= 0.6 is 0 Å². The van der Waals surface area contributed by atoms with Crippen molar-refractivity contribution < 1.29 is 4.79 Å². The number of allylic oxidation sites excluding steroid dienone is 2. The van der Waals surface area contributed by atoms with E-state index in [1.165, 1.54) is 0 Å². The lowest BCUT2D eigenvalue weighted by Gasteiger charge is -2.24. The number of hydrogen-bond donors (Lipinski definition) is 1. The van der Waals surface area contributed by atoms with Gasteiger partial charge in [0.1, 0.15) is 5.69 Å². The summed E-state index contributed by atoms with van der Waals surface area (Å²) in [7, 11) is 0. The minimum Gasteiger partial charge on any atom is -0.357 e. The summed E-state index contributed by atoms with van der Waals surface area (Å²) in [5, 5.41) is 0. The highest BCUT2D eigenvalue weighted by Gasteiger charge is 2.18. The van der Waals surface area contributed by atoms with Gasteiger partial charge in [-0.25, -0.2) is 0 Å². The molecule has 0 radical (unpaired) electrons. The Morgan fingerprint density at radius 3 is 2.53 bits per heavy atom. The van der Waals surface area contributed by atoms with Crippen LogP contribution in [0.15, 0.2) is 42.9 Å². The average Bonchev–Trinajstić information content (AvgIpc) is 2.69. The van der Waals surface area contributed by atoms with E-state index in [2.05, 4.69) is 18.8 Å². The minimum atomic E-state index is -0.0389. The van der Waals surface area contributed by atoms with Crippen molar-refractivity contribution in [3.63, 3.8) is 0 Å². The Balaban J connectivity index is 2.16. The molecule has 15 heavy (non-hydrogen) atoms. The number of amides is 1. The Kier molecular flexibility index (Phi) is 2.23. The van der Waals surface area contributed by atoms with Gasteiger partial charge < -0.3 is 4.98 Å². The van der Waals surface area contributed by atoms with E-state index in [-0.39, 0.29) is 11.3 Å². The Bertz CT molecular complexity index is 397. The van der Waals surface area contributed by atoms with Gasteiger partial charge in [0.05, 0.1) is 0 Å². The number of hydrogen-bond acceptors (Lipinski definition) is 1. The van der Waals surface area contributed by atoms with Gasteiger partial charge in [0, 0.05) is 24.0 Å². The van der Waals surface area contributed by atoms with Crippen LogP contribution in [-0.2, 0) is 0 Å². The van der Waals surface area contributed by atoms with Gasteiger partial charge in [0.15, 0.2) is 0 Å².